The highest BCUT2D eigenvalue weighted by molar-refractivity contribution is 5.73. The maximum absolute atomic E-state index is 13.5. The van der Waals surface area contributed by atoms with E-state index in [0.717, 1.165) is 12.5 Å². The van der Waals surface area contributed by atoms with Crippen LogP contribution in [0.3, 0.4) is 0 Å². The fourth-order valence-corrected chi connectivity index (χ4v) is 2.13. The molecule has 0 spiro atoms. The van der Waals surface area contributed by atoms with Gasteiger partial charge in [-0.05, 0) is 18.9 Å². The number of halogens is 2. The van der Waals surface area contributed by atoms with Crippen LogP contribution in [0.5, 0.6) is 0 Å². The third-order valence-corrected chi connectivity index (χ3v) is 2.86. The first kappa shape index (κ1) is 10.9. The molecule has 1 aliphatic heterocycles. The Labute approximate surface area is 91.8 Å². The van der Waals surface area contributed by atoms with Crippen LogP contribution in [-0.2, 0) is 0 Å². The summed E-state index contributed by atoms with van der Waals surface area (Å²) >= 11 is 0. The third kappa shape index (κ3) is 1.85. The van der Waals surface area contributed by atoms with Gasteiger partial charge in [0.1, 0.15) is 11.6 Å². The molecule has 1 fully saturated rings. The summed E-state index contributed by atoms with van der Waals surface area (Å²) in [6.45, 7) is 0.525. The number of carbonyl (C=O) groups is 1. The van der Waals surface area contributed by atoms with Crippen LogP contribution in [0, 0.1) is 11.6 Å². The topological polar surface area (TPSA) is 46.3 Å². The Bertz CT molecular complexity index is 422. The van der Waals surface area contributed by atoms with Crippen molar-refractivity contribution in [2.75, 3.05) is 6.54 Å². The molecule has 1 aliphatic rings. The summed E-state index contributed by atoms with van der Waals surface area (Å²) in [6.07, 6.45) is 1.44. The minimum absolute atomic E-state index is 0.331. The molecule has 16 heavy (non-hydrogen) atoms. The van der Waals surface area contributed by atoms with Crippen LogP contribution in [-0.4, -0.2) is 17.5 Å². The predicted molar refractivity (Wildman–Crippen MR) is 54.6 cm³/mol. The lowest BCUT2D eigenvalue weighted by Crippen LogP contribution is -2.35. The lowest BCUT2D eigenvalue weighted by Gasteiger charge is -2.23. The third-order valence-electron chi connectivity index (χ3n) is 2.86. The van der Waals surface area contributed by atoms with Gasteiger partial charge in [0.15, 0.2) is 0 Å². The van der Waals surface area contributed by atoms with E-state index < -0.39 is 17.7 Å². The van der Waals surface area contributed by atoms with E-state index in [4.69, 9.17) is 5.73 Å². The van der Waals surface area contributed by atoms with Crippen LogP contribution < -0.4 is 5.73 Å². The van der Waals surface area contributed by atoms with E-state index in [1.54, 1.807) is 0 Å². The number of primary amides is 1. The van der Waals surface area contributed by atoms with Crippen LogP contribution in [0.2, 0.25) is 0 Å². The van der Waals surface area contributed by atoms with Gasteiger partial charge in [-0.25, -0.2) is 13.6 Å². The minimum Gasteiger partial charge on any atom is -0.351 e. The quantitative estimate of drug-likeness (QED) is 0.783. The van der Waals surface area contributed by atoms with Gasteiger partial charge in [0.25, 0.3) is 0 Å². The van der Waals surface area contributed by atoms with Gasteiger partial charge in [-0.1, -0.05) is 6.07 Å². The summed E-state index contributed by atoms with van der Waals surface area (Å²) < 4.78 is 26.3. The average molecular weight is 226 g/mol. The molecular weight excluding hydrogens is 214 g/mol. The first-order chi connectivity index (χ1) is 7.59. The Kier molecular flexibility index (Phi) is 2.77. The predicted octanol–water partition coefficient (Wildman–Crippen LogP) is 2.18. The molecule has 1 atom stereocenters. The second-order valence-corrected chi connectivity index (χ2v) is 3.86. The first-order valence-corrected chi connectivity index (χ1v) is 5.10. The van der Waals surface area contributed by atoms with Crippen LogP contribution in [0.25, 0.3) is 0 Å². The summed E-state index contributed by atoms with van der Waals surface area (Å²) in [5.41, 5.74) is 5.53. The highest BCUT2D eigenvalue weighted by Crippen LogP contribution is 2.33. The Morgan fingerprint density at radius 2 is 2.19 bits per heavy atom. The molecule has 86 valence electrons. The summed E-state index contributed by atoms with van der Waals surface area (Å²) in [5.74, 6) is -1.25. The van der Waals surface area contributed by atoms with Gasteiger partial charge in [0.05, 0.1) is 6.04 Å². The largest absolute Gasteiger partial charge is 0.351 e. The number of urea groups is 1. The highest BCUT2D eigenvalue weighted by Gasteiger charge is 2.30. The van der Waals surface area contributed by atoms with Gasteiger partial charge < -0.3 is 10.6 Å². The molecule has 0 saturated carbocycles. The Hall–Kier alpha value is -1.65. The van der Waals surface area contributed by atoms with Crippen molar-refractivity contribution in [2.24, 2.45) is 5.73 Å². The zero-order valence-electron chi connectivity index (χ0n) is 8.62. The van der Waals surface area contributed by atoms with E-state index in [9.17, 15) is 13.6 Å². The number of hydrogen-bond donors (Lipinski definition) is 1. The summed E-state index contributed by atoms with van der Waals surface area (Å²) in [4.78, 5) is 12.5. The molecule has 5 heteroatoms. The number of hydrogen-bond acceptors (Lipinski definition) is 1. The van der Waals surface area contributed by atoms with E-state index >= 15 is 0 Å². The fourth-order valence-electron chi connectivity index (χ4n) is 2.13. The van der Waals surface area contributed by atoms with Crippen LogP contribution in [0.15, 0.2) is 18.2 Å². The lowest BCUT2D eigenvalue weighted by atomic mass is 10.0. The van der Waals surface area contributed by atoms with Crippen LogP contribution >= 0.6 is 0 Å². The van der Waals surface area contributed by atoms with E-state index in [-0.39, 0.29) is 6.04 Å². The molecule has 1 heterocycles. The molecule has 2 rings (SSSR count). The van der Waals surface area contributed by atoms with Crippen molar-refractivity contribution in [1.82, 2.24) is 4.90 Å². The number of carbonyl (C=O) groups excluding carboxylic acids is 1. The van der Waals surface area contributed by atoms with E-state index in [2.05, 4.69) is 0 Å². The van der Waals surface area contributed by atoms with Gasteiger partial charge in [-0.2, -0.15) is 0 Å². The van der Waals surface area contributed by atoms with Gasteiger partial charge in [-0.15, -0.1) is 0 Å². The molecule has 1 saturated heterocycles. The van der Waals surface area contributed by atoms with Crippen molar-refractivity contribution in [2.45, 2.75) is 18.9 Å². The van der Waals surface area contributed by atoms with Crippen LogP contribution in [0.4, 0.5) is 13.6 Å². The molecule has 3 nitrogen and oxygen atoms in total. The maximum atomic E-state index is 13.5. The van der Waals surface area contributed by atoms with Gasteiger partial charge in [0, 0.05) is 18.2 Å². The van der Waals surface area contributed by atoms with Crippen molar-refractivity contribution >= 4 is 6.03 Å². The second kappa shape index (κ2) is 4.08. The standard InChI is InChI=1S/C11H12F2N2O/c12-7-3-4-8(9(13)6-7)10-2-1-5-15(10)11(14)16/h3-4,6,10H,1-2,5H2,(H2,14,16). The molecule has 2 amide bonds. The van der Waals surface area contributed by atoms with Gasteiger partial charge >= 0.3 is 6.03 Å². The molecule has 0 aliphatic carbocycles. The number of benzene rings is 1. The molecule has 0 radical (unpaired) electrons. The van der Waals surface area contributed by atoms with Gasteiger partial charge in [0.2, 0.25) is 0 Å². The summed E-state index contributed by atoms with van der Waals surface area (Å²) in [5, 5.41) is 0. The molecule has 2 N–H and O–H groups in total. The maximum Gasteiger partial charge on any atom is 0.315 e. The Balaban J connectivity index is 2.32. The molecule has 0 bridgehead atoms. The van der Waals surface area contributed by atoms with Crippen molar-refractivity contribution < 1.29 is 13.6 Å². The summed E-state index contributed by atoms with van der Waals surface area (Å²) in [7, 11) is 0. The van der Waals surface area contributed by atoms with E-state index in [1.807, 2.05) is 0 Å². The second-order valence-electron chi connectivity index (χ2n) is 3.86. The normalized spacial score (nSPS) is 20.1. The number of amides is 2. The highest BCUT2D eigenvalue weighted by atomic mass is 19.1. The zero-order valence-corrected chi connectivity index (χ0v) is 8.62. The SMILES string of the molecule is NC(=O)N1CCCC1c1ccc(F)cc1F. The number of likely N-dealkylation sites (tertiary alicyclic amines) is 1. The minimum atomic E-state index is -0.627. The van der Waals surface area contributed by atoms with Crippen molar-refractivity contribution in [3.63, 3.8) is 0 Å². The molecule has 1 unspecified atom stereocenters. The smallest absolute Gasteiger partial charge is 0.315 e. The summed E-state index contributed by atoms with van der Waals surface area (Å²) in [6, 6.07) is 2.46. The molecular formula is C11H12F2N2O. The van der Waals surface area contributed by atoms with Crippen LogP contribution in [0.1, 0.15) is 24.4 Å². The monoisotopic (exact) mass is 226 g/mol. The fraction of sp³-hybridized carbons (Fsp3) is 0.364. The van der Waals surface area contributed by atoms with Crippen molar-refractivity contribution in [3.05, 3.63) is 35.4 Å². The number of rotatable bonds is 1. The average Bonchev–Trinajstić information content (AvgIpc) is 2.66. The Morgan fingerprint density at radius 1 is 1.44 bits per heavy atom. The molecule has 1 aromatic carbocycles. The van der Waals surface area contributed by atoms with E-state index in [1.165, 1.54) is 17.0 Å². The molecule has 0 aromatic heterocycles. The first-order valence-electron chi connectivity index (χ1n) is 5.10. The lowest BCUT2D eigenvalue weighted by molar-refractivity contribution is 0.202. The van der Waals surface area contributed by atoms with Gasteiger partial charge in [-0.3, -0.25) is 0 Å². The number of nitrogens with zero attached hydrogens (tertiary/aromatic N) is 1. The zero-order chi connectivity index (χ0) is 11.7. The number of nitrogens with two attached hydrogens (primary N) is 1. The van der Waals surface area contributed by atoms with E-state index in [0.29, 0.717) is 18.5 Å². The Morgan fingerprint density at radius 3 is 2.81 bits per heavy atom. The van der Waals surface area contributed by atoms with Crippen molar-refractivity contribution in [3.8, 4) is 0 Å². The van der Waals surface area contributed by atoms with Crippen molar-refractivity contribution in [1.29, 1.82) is 0 Å². The molecule has 1 aromatic rings.